The van der Waals surface area contributed by atoms with Crippen LogP contribution in [0.4, 0.5) is 55.1 Å². The minimum Gasteiger partial charge on any atom is -0.372 e. The summed E-state index contributed by atoms with van der Waals surface area (Å²) in [5, 5.41) is 41.6. The monoisotopic (exact) mass is 1630 g/mol. The zero-order chi connectivity index (χ0) is 72.2. The lowest BCUT2D eigenvalue weighted by molar-refractivity contribution is 0.106. The van der Waals surface area contributed by atoms with Gasteiger partial charge in [-0.05, 0) is 172 Å². The number of H-pyrrole nitrogens is 4. The number of carbonyl (C=O) groups is 4. The van der Waals surface area contributed by atoms with Crippen LogP contribution in [0.1, 0.15) is 171 Å². The van der Waals surface area contributed by atoms with Crippen molar-refractivity contribution in [3.8, 4) is 0 Å². The highest BCUT2D eigenvalue weighted by Crippen LogP contribution is 2.40. The van der Waals surface area contributed by atoms with Crippen LogP contribution in [0, 0.1) is 17.5 Å². The summed E-state index contributed by atoms with van der Waals surface area (Å²) in [7, 11) is 0. The van der Waals surface area contributed by atoms with Gasteiger partial charge in [-0.15, -0.1) is 0 Å². The second kappa shape index (κ2) is 32.6. The Labute approximate surface area is 622 Å². The fourth-order valence-corrected chi connectivity index (χ4v) is 15.6. The minimum atomic E-state index is -0.588. The van der Waals surface area contributed by atoms with Crippen LogP contribution in [-0.2, 0) is 70.8 Å². The van der Waals surface area contributed by atoms with Crippen LogP contribution >= 0.6 is 59.4 Å². The van der Waals surface area contributed by atoms with Crippen LogP contribution in [0.2, 0.25) is 5.02 Å². The lowest BCUT2D eigenvalue weighted by Gasteiger charge is -2.33. The van der Waals surface area contributed by atoms with E-state index in [0.29, 0.717) is 54.9 Å². The molecule has 0 aliphatic carbocycles. The van der Waals surface area contributed by atoms with Crippen molar-refractivity contribution in [2.24, 2.45) is 0 Å². The molecule has 8 aliphatic rings. The molecule has 546 valence electrons. The maximum Gasteiger partial charge on any atom is 0.322 e. The van der Waals surface area contributed by atoms with Crippen LogP contribution in [-0.4, -0.2) is 140 Å². The molecular formula is C71H80Br3ClF3N17O8. The molecule has 3 aromatic carbocycles. The summed E-state index contributed by atoms with van der Waals surface area (Å²) in [6.07, 6.45) is 12.4. The van der Waals surface area contributed by atoms with E-state index in [2.05, 4.69) is 122 Å². The number of benzene rings is 3. The molecule has 103 heavy (non-hydrogen) atoms. The first-order valence-corrected chi connectivity index (χ1v) is 37.4. The number of hydrogen-bond donors (Lipinski definition) is 8. The standard InChI is InChI=1S/C18H20BrFN4O2.C18H21BrN4O2.C18H20ClFN4O2.C17H19BrFN5O2/c1-10-7-15-12(17(23-22-15)16-3-2-6-26-16)9-24(10)18(25)21-11-4-5-14(20)13(19)8-11;1-11-8-15-14(17(22-21-15)16-6-3-7-25-16)10-23(11)18(24)20-13-5-2-4-12(19)9-13;1-10-7-15-12(17(23-22-15)16-3-2-6-26-16)9-24(10)18(25)21-11-4-5-14(20)13(19)8-11;1-9-7-12-10(15(23-22-12)13-3-2-6-26-13)8-24(9)17(25)21-11-4-5-20-16(18)14(11)19/h4-5,8,10,16H,2-3,6-7,9H2,1H3,(H,21,25)(H,22,23);2,4-5,9,11,16H,3,6-8,10H2,1H3,(H,20,24)(H,21,22);4-5,8,10,16H,2-3,6-7,9H2,1H3,(H,21,25)(H,22,23);4-5,9,13H,2-3,6-8H2,1H3,(H,22,23)(H,20,21,25). The second-order valence-electron chi connectivity index (χ2n) is 26.9. The molecule has 8 unspecified atom stereocenters. The van der Waals surface area contributed by atoms with Gasteiger partial charge in [0.15, 0.2) is 5.82 Å². The lowest BCUT2D eigenvalue weighted by Crippen LogP contribution is -2.45. The largest absolute Gasteiger partial charge is 0.372 e. The van der Waals surface area contributed by atoms with Crippen LogP contribution in [0.15, 0.2) is 86.5 Å². The Morgan fingerprint density at radius 2 is 0.835 bits per heavy atom. The van der Waals surface area contributed by atoms with E-state index >= 15 is 0 Å². The molecule has 8 aromatic rings. The van der Waals surface area contributed by atoms with Crippen molar-refractivity contribution < 1.29 is 51.3 Å². The highest BCUT2D eigenvalue weighted by Gasteiger charge is 2.39. The average Bonchev–Trinajstić information content (AvgIpc) is 1.68. The Morgan fingerprint density at radius 3 is 1.18 bits per heavy atom. The van der Waals surface area contributed by atoms with Crippen LogP contribution < -0.4 is 21.3 Å². The number of rotatable bonds is 8. The summed E-state index contributed by atoms with van der Waals surface area (Å²) in [5.74, 6) is -1.46. The summed E-state index contributed by atoms with van der Waals surface area (Å²) in [4.78, 5) is 62.0. The molecule has 8 atom stereocenters. The van der Waals surface area contributed by atoms with Crippen molar-refractivity contribution in [3.63, 3.8) is 0 Å². The van der Waals surface area contributed by atoms with Gasteiger partial charge >= 0.3 is 24.1 Å². The van der Waals surface area contributed by atoms with Crippen molar-refractivity contribution in [1.29, 1.82) is 0 Å². The first-order chi connectivity index (χ1) is 49.7. The third-order valence-corrected chi connectivity index (χ3v) is 21.8. The van der Waals surface area contributed by atoms with Gasteiger partial charge in [0.25, 0.3) is 0 Å². The van der Waals surface area contributed by atoms with Crippen molar-refractivity contribution in [3.05, 3.63) is 177 Å². The van der Waals surface area contributed by atoms with Crippen LogP contribution in [0.25, 0.3) is 0 Å². The number of nitrogens with zero attached hydrogens (tertiary/aromatic N) is 9. The normalized spacial score (nSPS) is 22.4. The summed E-state index contributed by atoms with van der Waals surface area (Å²) in [6.45, 7) is 13.0. The SMILES string of the molecule is CC1Cc2[nH]nc(C3CCCO3)c2CN1C(=O)Nc1ccc(F)c(Br)c1.CC1Cc2[nH]nc(C3CCCO3)c2CN1C(=O)Nc1ccc(F)c(Cl)c1.CC1Cc2[nH]nc(C3CCCO3)c2CN1C(=O)Nc1cccc(Br)c1.CC1Cc2[nH]nc(C3CCCO3)c2CN1C(=O)Nc1ccnc(Br)c1F. The number of aromatic nitrogens is 9. The first-order valence-electron chi connectivity index (χ1n) is 34.7. The van der Waals surface area contributed by atoms with Gasteiger partial charge in [0, 0.05) is 149 Å². The molecule has 0 bridgehead atoms. The fourth-order valence-electron chi connectivity index (χ4n) is 14.3. The molecule has 25 nitrogen and oxygen atoms in total. The third-order valence-electron chi connectivity index (χ3n) is 19.9. The molecule has 0 spiro atoms. The fraction of sp³-hybridized carbons (Fsp3) is 0.451. The van der Waals surface area contributed by atoms with E-state index in [1.54, 1.807) is 26.8 Å². The van der Waals surface area contributed by atoms with E-state index in [1.807, 2.05) is 49.9 Å². The Balaban J connectivity index is 0.000000122. The van der Waals surface area contributed by atoms with Crippen molar-refractivity contribution in [1.82, 2.24) is 65.4 Å². The number of nitrogens with one attached hydrogen (secondary N) is 8. The second-order valence-corrected chi connectivity index (χ2v) is 29.9. The van der Waals surface area contributed by atoms with Crippen molar-refractivity contribution in [2.75, 3.05) is 47.7 Å². The minimum absolute atomic E-state index is 0.00391. The highest BCUT2D eigenvalue weighted by molar-refractivity contribution is 9.11. The number of halogens is 7. The Bertz CT molecular complexity index is 4250. The number of aromatic amines is 4. The molecule has 16 rings (SSSR count). The number of amides is 8. The Kier molecular flexibility index (Phi) is 23.3. The van der Waals surface area contributed by atoms with Crippen LogP contribution in [0.5, 0.6) is 0 Å². The molecular weight excluding hydrogens is 1550 g/mol. The summed E-state index contributed by atoms with van der Waals surface area (Å²) >= 11 is 15.4. The number of fused-ring (bicyclic) bond motifs is 4. The highest BCUT2D eigenvalue weighted by atomic mass is 79.9. The number of carbonyl (C=O) groups excluding carboxylic acids is 4. The molecule has 0 radical (unpaired) electrons. The van der Waals surface area contributed by atoms with E-state index in [1.165, 1.54) is 36.5 Å². The molecule has 8 aliphatic heterocycles. The molecule has 8 amide bonds. The van der Waals surface area contributed by atoms with Gasteiger partial charge in [-0.3, -0.25) is 20.4 Å². The summed E-state index contributed by atoms with van der Waals surface area (Å²) in [5.41, 5.74) is 14.1. The van der Waals surface area contributed by atoms with Gasteiger partial charge in [0.05, 0.1) is 64.1 Å². The van der Waals surface area contributed by atoms with Gasteiger partial charge in [-0.1, -0.05) is 33.6 Å². The number of anilines is 4. The predicted molar refractivity (Wildman–Crippen MR) is 389 cm³/mol. The number of ether oxygens (including phenoxy) is 4. The van der Waals surface area contributed by atoms with E-state index < -0.39 is 11.6 Å². The number of pyridine rings is 1. The first kappa shape index (κ1) is 73.4. The van der Waals surface area contributed by atoms with E-state index in [0.717, 1.165) is 169 Å². The summed E-state index contributed by atoms with van der Waals surface area (Å²) < 4.78 is 65.2. The summed E-state index contributed by atoms with van der Waals surface area (Å²) in [6, 6.07) is 16.9. The zero-order valence-corrected chi connectivity index (χ0v) is 62.6. The van der Waals surface area contributed by atoms with Gasteiger partial charge in [0.2, 0.25) is 0 Å². The Hall–Kier alpha value is -7.91. The van der Waals surface area contributed by atoms with Crippen LogP contribution in [0.3, 0.4) is 0 Å². The number of urea groups is 4. The van der Waals surface area contributed by atoms with Gasteiger partial charge in [0.1, 0.15) is 40.7 Å². The predicted octanol–water partition coefficient (Wildman–Crippen LogP) is 15.7. The van der Waals surface area contributed by atoms with E-state index in [4.69, 9.17) is 30.5 Å². The van der Waals surface area contributed by atoms with Gasteiger partial charge in [-0.25, -0.2) is 37.3 Å². The quantitative estimate of drug-likeness (QED) is 0.0658. The zero-order valence-electron chi connectivity index (χ0n) is 57.1. The molecule has 4 fully saturated rings. The maximum absolute atomic E-state index is 14.1. The topological polar surface area (TPSA) is 294 Å². The van der Waals surface area contributed by atoms with Crippen molar-refractivity contribution >= 4 is 106 Å². The molecule has 5 aromatic heterocycles. The smallest absolute Gasteiger partial charge is 0.322 e. The Morgan fingerprint density at radius 1 is 0.476 bits per heavy atom. The number of hydrogen-bond acceptors (Lipinski definition) is 13. The van der Waals surface area contributed by atoms with Gasteiger partial charge < -0.3 is 59.8 Å². The molecule has 0 saturated carbocycles. The van der Waals surface area contributed by atoms with E-state index in [9.17, 15) is 32.3 Å². The molecule has 4 saturated heterocycles. The third kappa shape index (κ3) is 16.8. The maximum atomic E-state index is 14.1. The van der Waals surface area contributed by atoms with Gasteiger partial charge in [-0.2, -0.15) is 20.4 Å². The average molecular weight is 1630 g/mol. The van der Waals surface area contributed by atoms with E-state index in [-0.39, 0.29) is 93.8 Å². The lowest BCUT2D eigenvalue weighted by atomic mass is 9.97. The van der Waals surface area contributed by atoms with Crippen molar-refractivity contribution in [2.45, 2.75) is 180 Å². The molecule has 13 heterocycles. The molecule has 32 heteroatoms. The molecule has 8 N–H and O–H groups in total.